The van der Waals surface area contributed by atoms with Crippen molar-refractivity contribution in [3.63, 3.8) is 0 Å². The van der Waals surface area contributed by atoms with Crippen molar-refractivity contribution in [2.45, 2.75) is 6.92 Å². The van der Waals surface area contributed by atoms with Crippen molar-refractivity contribution in [3.05, 3.63) is 45.0 Å². The number of rotatable bonds is 1. The first-order valence-corrected chi connectivity index (χ1v) is 5.99. The number of halogens is 3. The fourth-order valence-corrected chi connectivity index (χ4v) is 2.66. The number of nitrogens with two attached hydrogens (primary N) is 1. The van der Waals surface area contributed by atoms with Crippen LogP contribution >= 0.6 is 34.8 Å². The summed E-state index contributed by atoms with van der Waals surface area (Å²) in [6, 6.07) is 5.08. The van der Waals surface area contributed by atoms with Crippen molar-refractivity contribution in [2.24, 2.45) is 0 Å². The third-order valence-electron chi connectivity index (χ3n) is 2.41. The Kier molecular flexibility index (Phi) is 3.48. The second-order valence-electron chi connectivity index (χ2n) is 3.67. The fourth-order valence-electron chi connectivity index (χ4n) is 1.64. The second kappa shape index (κ2) is 4.73. The number of nitrogens with zero attached hydrogens (tertiary/aromatic N) is 1. The number of aryl methyl sites for hydroxylation is 1. The summed E-state index contributed by atoms with van der Waals surface area (Å²) in [6.45, 7) is 1.93. The van der Waals surface area contributed by atoms with E-state index in [1.54, 1.807) is 24.4 Å². The van der Waals surface area contributed by atoms with E-state index in [-0.39, 0.29) is 0 Å². The van der Waals surface area contributed by atoms with Crippen molar-refractivity contribution in [1.82, 2.24) is 4.98 Å². The molecule has 0 amide bonds. The summed E-state index contributed by atoms with van der Waals surface area (Å²) in [5, 5.41) is 1.50. The van der Waals surface area contributed by atoms with E-state index in [1.165, 1.54) is 0 Å². The molecule has 0 saturated carbocycles. The Bertz CT molecular complexity index is 559. The van der Waals surface area contributed by atoms with Crippen LogP contribution < -0.4 is 5.73 Å². The second-order valence-corrected chi connectivity index (χ2v) is 4.92. The average molecular weight is 288 g/mol. The summed E-state index contributed by atoms with van der Waals surface area (Å²) in [6.07, 6.45) is 1.66. The van der Waals surface area contributed by atoms with Gasteiger partial charge in [-0.1, -0.05) is 34.8 Å². The molecule has 2 aromatic rings. The van der Waals surface area contributed by atoms with E-state index in [0.717, 1.165) is 16.7 Å². The Labute approximate surface area is 114 Å². The summed E-state index contributed by atoms with van der Waals surface area (Å²) >= 11 is 18.2. The summed E-state index contributed by atoms with van der Waals surface area (Å²) in [5.74, 6) is 0.465. The van der Waals surface area contributed by atoms with Crippen molar-refractivity contribution >= 4 is 40.6 Å². The lowest BCUT2D eigenvalue weighted by Gasteiger charge is -2.10. The molecule has 0 atom stereocenters. The van der Waals surface area contributed by atoms with Gasteiger partial charge in [-0.05, 0) is 30.7 Å². The molecule has 2 rings (SSSR count). The maximum atomic E-state index is 6.15. The van der Waals surface area contributed by atoms with Crippen molar-refractivity contribution in [3.8, 4) is 11.1 Å². The van der Waals surface area contributed by atoms with E-state index < -0.39 is 0 Å². The van der Waals surface area contributed by atoms with Gasteiger partial charge >= 0.3 is 0 Å². The van der Waals surface area contributed by atoms with Gasteiger partial charge in [-0.15, -0.1) is 0 Å². The number of nitrogen functional groups attached to an aromatic ring is 1. The molecule has 0 fully saturated rings. The normalized spacial score (nSPS) is 10.6. The predicted octanol–water partition coefficient (Wildman–Crippen LogP) is 4.60. The highest BCUT2D eigenvalue weighted by molar-refractivity contribution is 6.41. The first-order valence-electron chi connectivity index (χ1n) is 4.86. The Balaban J connectivity index is 2.68. The molecule has 0 aliphatic heterocycles. The quantitative estimate of drug-likeness (QED) is 0.832. The van der Waals surface area contributed by atoms with Gasteiger partial charge in [-0.3, -0.25) is 0 Å². The molecule has 0 aliphatic carbocycles. The maximum absolute atomic E-state index is 6.15. The molecule has 88 valence electrons. The van der Waals surface area contributed by atoms with Gasteiger partial charge in [0, 0.05) is 22.3 Å². The zero-order valence-corrected chi connectivity index (χ0v) is 11.2. The van der Waals surface area contributed by atoms with Crippen LogP contribution in [0.5, 0.6) is 0 Å². The predicted molar refractivity (Wildman–Crippen MR) is 73.9 cm³/mol. The molecule has 1 aromatic heterocycles. The van der Waals surface area contributed by atoms with Gasteiger partial charge in [0.1, 0.15) is 5.82 Å². The van der Waals surface area contributed by atoms with Crippen LogP contribution in [-0.2, 0) is 0 Å². The van der Waals surface area contributed by atoms with Crippen molar-refractivity contribution < 1.29 is 0 Å². The Hall–Kier alpha value is -0.960. The summed E-state index contributed by atoms with van der Waals surface area (Å²) in [7, 11) is 0. The minimum Gasteiger partial charge on any atom is -0.384 e. The van der Waals surface area contributed by atoms with E-state index in [4.69, 9.17) is 40.5 Å². The fraction of sp³-hybridized carbons (Fsp3) is 0.0833. The average Bonchev–Trinajstić information content (AvgIpc) is 2.19. The highest BCUT2D eigenvalue weighted by Crippen LogP contribution is 2.38. The number of hydrogen-bond donors (Lipinski definition) is 1. The number of aromatic nitrogens is 1. The number of benzene rings is 1. The van der Waals surface area contributed by atoms with Gasteiger partial charge in [0.15, 0.2) is 0 Å². The molecular formula is C12H9Cl3N2. The van der Waals surface area contributed by atoms with E-state index >= 15 is 0 Å². The summed E-state index contributed by atoms with van der Waals surface area (Å²) in [4.78, 5) is 4.05. The molecule has 2 N–H and O–H groups in total. The molecule has 0 spiro atoms. The first-order chi connectivity index (χ1) is 7.99. The van der Waals surface area contributed by atoms with E-state index in [1.807, 2.05) is 6.92 Å². The van der Waals surface area contributed by atoms with Gasteiger partial charge < -0.3 is 5.73 Å². The molecule has 5 heteroatoms. The van der Waals surface area contributed by atoms with Crippen LogP contribution in [0, 0.1) is 6.92 Å². The first kappa shape index (κ1) is 12.5. The molecule has 0 unspecified atom stereocenters. The molecule has 0 bridgehead atoms. The lowest BCUT2D eigenvalue weighted by Crippen LogP contribution is -1.93. The molecule has 1 heterocycles. The minimum atomic E-state index is 0.465. The molecule has 0 aliphatic rings. The van der Waals surface area contributed by atoms with E-state index in [9.17, 15) is 0 Å². The molecule has 0 saturated heterocycles. The number of pyridine rings is 1. The standard InChI is InChI=1S/C12H9Cl3N2/c1-6-2-11(16)17-5-8(6)12-9(14)3-7(13)4-10(12)15/h2-5H,1H3,(H2,16,17). The van der Waals surface area contributed by atoms with Gasteiger partial charge in [-0.2, -0.15) is 0 Å². The van der Waals surface area contributed by atoms with Crippen LogP contribution in [0.2, 0.25) is 15.1 Å². The highest BCUT2D eigenvalue weighted by Gasteiger charge is 2.12. The Morgan fingerprint density at radius 1 is 1.06 bits per heavy atom. The minimum absolute atomic E-state index is 0.465. The number of anilines is 1. The number of hydrogen-bond acceptors (Lipinski definition) is 2. The third-order valence-corrected chi connectivity index (χ3v) is 3.22. The Morgan fingerprint density at radius 3 is 2.18 bits per heavy atom. The maximum Gasteiger partial charge on any atom is 0.123 e. The van der Waals surface area contributed by atoms with Gasteiger partial charge in [-0.25, -0.2) is 4.98 Å². The van der Waals surface area contributed by atoms with Gasteiger partial charge in [0.25, 0.3) is 0 Å². The largest absolute Gasteiger partial charge is 0.384 e. The molecule has 17 heavy (non-hydrogen) atoms. The van der Waals surface area contributed by atoms with Gasteiger partial charge in [0.2, 0.25) is 0 Å². The molecule has 1 aromatic carbocycles. The SMILES string of the molecule is Cc1cc(N)ncc1-c1c(Cl)cc(Cl)cc1Cl. The van der Waals surface area contributed by atoms with E-state index in [2.05, 4.69) is 4.98 Å². The van der Waals surface area contributed by atoms with Crippen molar-refractivity contribution in [2.75, 3.05) is 5.73 Å². The Morgan fingerprint density at radius 2 is 1.65 bits per heavy atom. The van der Waals surface area contributed by atoms with Gasteiger partial charge in [0.05, 0.1) is 10.0 Å². The van der Waals surface area contributed by atoms with Crippen LogP contribution in [0.1, 0.15) is 5.56 Å². The zero-order valence-electron chi connectivity index (χ0n) is 8.97. The zero-order chi connectivity index (χ0) is 12.6. The molecular weight excluding hydrogens is 279 g/mol. The topological polar surface area (TPSA) is 38.9 Å². The van der Waals surface area contributed by atoms with E-state index in [0.29, 0.717) is 20.9 Å². The van der Waals surface area contributed by atoms with Crippen molar-refractivity contribution in [1.29, 1.82) is 0 Å². The smallest absolute Gasteiger partial charge is 0.123 e. The summed E-state index contributed by atoms with van der Waals surface area (Å²) in [5.41, 5.74) is 8.15. The summed E-state index contributed by atoms with van der Waals surface area (Å²) < 4.78 is 0. The molecule has 0 radical (unpaired) electrons. The third kappa shape index (κ3) is 2.49. The van der Waals surface area contributed by atoms with Crippen LogP contribution in [0.25, 0.3) is 11.1 Å². The van der Waals surface area contributed by atoms with Crippen LogP contribution in [-0.4, -0.2) is 4.98 Å². The highest BCUT2D eigenvalue weighted by atomic mass is 35.5. The lowest BCUT2D eigenvalue weighted by atomic mass is 10.0. The van der Waals surface area contributed by atoms with Crippen LogP contribution in [0.15, 0.2) is 24.4 Å². The molecule has 2 nitrogen and oxygen atoms in total. The monoisotopic (exact) mass is 286 g/mol. The van der Waals surface area contributed by atoms with Crippen LogP contribution in [0.3, 0.4) is 0 Å². The lowest BCUT2D eigenvalue weighted by molar-refractivity contribution is 1.29. The van der Waals surface area contributed by atoms with Crippen LogP contribution in [0.4, 0.5) is 5.82 Å².